The van der Waals surface area contributed by atoms with E-state index in [4.69, 9.17) is 9.15 Å². The van der Waals surface area contributed by atoms with Gasteiger partial charge in [-0.3, -0.25) is 9.69 Å². The molecule has 3 heterocycles. The Morgan fingerprint density at radius 2 is 1.93 bits per heavy atom. The van der Waals surface area contributed by atoms with Crippen molar-refractivity contribution in [2.45, 2.75) is 22.6 Å². The highest BCUT2D eigenvalue weighted by Crippen LogP contribution is 2.56. The smallest absolute Gasteiger partial charge is 0.348 e. The normalized spacial score (nSPS) is 20.6. The number of esters is 1. The number of amides is 1. The first-order valence-corrected chi connectivity index (χ1v) is 9.26. The summed E-state index contributed by atoms with van der Waals surface area (Å²) in [6.07, 6.45) is 0.676. The summed E-state index contributed by atoms with van der Waals surface area (Å²) < 4.78 is 10.8. The lowest BCUT2D eigenvalue weighted by atomic mass is 10.2. The van der Waals surface area contributed by atoms with Gasteiger partial charge in [0, 0.05) is 35.3 Å². The van der Waals surface area contributed by atoms with Crippen LogP contribution in [0.4, 0.5) is 5.69 Å². The first-order valence-electron chi connectivity index (χ1n) is 8.44. The molecule has 2 aliphatic heterocycles. The predicted octanol–water partition coefficient (Wildman–Crippen LogP) is 3.33. The van der Waals surface area contributed by atoms with Gasteiger partial charge < -0.3 is 9.15 Å². The van der Waals surface area contributed by atoms with Gasteiger partial charge in [-0.15, -0.1) is 0 Å². The van der Waals surface area contributed by atoms with Crippen molar-refractivity contribution in [1.82, 2.24) is 0 Å². The molecule has 6 nitrogen and oxygen atoms in total. The molecule has 27 heavy (non-hydrogen) atoms. The minimum Gasteiger partial charge on any atom is -0.424 e. The van der Waals surface area contributed by atoms with Crippen LogP contribution < -0.4 is 15.3 Å². The van der Waals surface area contributed by atoms with Crippen molar-refractivity contribution in [2.75, 3.05) is 4.90 Å². The number of ether oxygens (including phenoxy) is 1. The summed E-state index contributed by atoms with van der Waals surface area (Å²) in [6.45, 7) is 0. The topological polar surface area (TPSA) is 76.8 Å². The molecule has 2 aromatic carbocycles. The van der Waals surface area contributed by atoms with E-state index in [9.17, 15) is 14.4 Å². The Morgan fingerprint density at radius 3 is 2.81 bits per heavy atom. The average molecular weight is 379 g/mol. The number of para-hydroxylation sites is 1. The van der Waals surface area contributed by atoms with E-state index in [1.165, 1.54) is 23.9 Å². The van der Waals surface area contributed by atoms with Gasteiger partial charge in [0.15, 0.2) is 4.87 Å². The molecule has 7 heteroatoms. The third-order valence-corrected chi connectivity index (χ3v) is 6.25. The van der Waals surface area contributed by atoms with Crippen LogP contribution in [0.5, 0.6) is 5.75 Å². The van der Waals surface area contributed by atoms with E-state index in [-0.39, 0.29) is 11.7 Å². The van der Waals surface area contributed by atoms with E-state index in [1.54, 1.807) is 23.1 Å². The van der Waals surface area contributed by atoms with E-state index in [0.717, 1.165) is 16.0 Å². The zero-order chi connectivity index (χ0) is 18.6. The molecule has 2 aliphatic rings. The van der Waals surface area contributed by atoms with Gasteiger partial charge in [-0.05, 0) is 30.3 Å². The molecule has 1 atom stereocenters. The van der Waals surface area contributed by atoms with Gasteiger partial charge >= 0.3 is 11.6 Å². The summed E-state index contributed by atoms with van der Waals surface area (Å²) in [7, 11) is 0. The number of anilines is 1. The Balaban J connectivity index is 1.51. The number of hydrogen-bond acceptors (Lipinski definition) is 6. The zero-order valence-corrected chi connectivity index (χ0v) is 14.8. The van der Waals surface area contributed by atoms with E-state index >= 15 is 0 Å². The first kappa shape index (κ1) is 16.1. The number of hydrogen-bond donors (Lipinski definition) is 0. The molecule has 0 spiro atoms. The van der Waals surface area contributed by atoms with Crippen LogP contribution in [0, 0.1) is 0 Å². The standard InChI is InChI=1S/C20H13NO5S/c22-17-9-10-20(21(17)14-3-1-2-4-16(14)27-20)19(24)25-13-7-5-12-6-8-18(23)26-15(12)11-13/h1-8,11H,9-10H2. The molecule has 1 saturated heterocycles. The summed E-state index contributed by atoms with van der Waals surface area (Å²) in [5.41, 5.74) is 0.609. The van der Waals surface area contributed by atoms with E-state index < -0.39 is 16.5 Å². The third kappa shape index (κ3) is 2.39. The highest BCUT2D eigenvalue weighted by atomic mass is 32.2. The lowest BCUT2D eigenvalue weighted by Crippen LogP contribution is -2.48. The largest absolute Gasteiger partial charge is 0.424 e. The highest BCUT2D eigenvalue weighted by Gasteiger charge is 2.58. The summed E-state index contributed by atoms with van der Waals surface area (Å²) in [5, 5.41) is 0.730. The Morgan fingerprint density at radius 1 is 1.11 bits per heavy atom. The molecule has 0 aliphatic carbocycles. The third-order valence-electron chi connectivity index (χ3n) is 4.80. The zero-order valence-electron chi connectivity index (χ0n) is 14.0. The van der Waals surface area contributed by atoms with Gasteiger partial charge in [-0.25, -0.2) is 9.59 Å². The molecular formula is C20H13NO5S. The van der Waals surface area contributed by atoms with Crippen LogP contribution in [0.1, 0.15) is 12.8 Å². The van der Waals surface area contributed by atoms with Crippen molar-refractivity contribution in [2.24, 2.45) is 0 Å². The number of thioether (sulfide) groups is 1. The molecule has 5 rings (SSSR count). The van der Waals surface area contributed by atoms with E-state index in [0.29, 0.717) is 18.4 Å². The Labute approximate surface area is 157 Å². The fraction of sp³-hybridized carbons (Fsp3) is 0.150. The van der Waals surface area contributed by atoms with Crippen molar-refractivity contribution in [3.63, 3.8) is 0 Å². The van der Waals surface area contributed by atoms with Crippen LogP contribution in [0.25, 0.3) is 11.0 Å². The van der Waals surface area contributed by atoms with Gasteiger partial charge in [0.05, 0.1) is 5.69 Å². The summed E-state index contributed by atoms with van der Waals surface area (Å²) in [5.74, 6) is -0.326. The Hall–Kier alpha value is -3.06. The molecule has 3 aromatic rings. The molecule has 0 bridgehead atoms. The minimum atomic E-state index is -1.09. The molecule has 0 N–H and O–H groups in total. The fourth-order valence-corrected chi connectivity index (χ4v) is 4.96. The molecule has 134 valence electrons. The summed E-state index contributed by atoms with van der Waals surface area (Å²) >= 11 is 1.35. The molecule has 0 saturated carbocycles. The van der Waals surface area contributed by atoms with Crippen LogP contribution in [0.2, 0.25) is 0 Å². The van der Waals surface area contributed by atoms with Gasteiger partial charge in [0.2, 0.25) is 5.91 Å². The number of nitrogens with zero attached hydrogens (tertiary/aromatic N) is 1. The lowest BCUT2D eigenvalue weighted by Gasteiger charge is -2.28. The SMILES string of the molecule is O=C1CCC2(C(=O)Oc3ccc4ccc(=O)oc4c3)Sc3ccccc3N12. The van der Waals surface area contributed by atoms with Gasteiger partial charge in [-0.1, -0.05) is 23.9 Å². The number of carbonyl (C=O) groups excluding carboxylic acids is 2. The van der Waals surface area contributed by atoms with E-state index in [2.05, 4.69) is 0 Å². The first-order chi connectivity index (χ1) is 13.1. The molecule has 1 aromatic heterocycles. The average Bonchev–Trinajstić information content (AvgIpc) is 3.17. The van der Waals surface area contributed by atoms with Crippen molar-refractivity contribution in [1.29, 1.82) is 0 Å². The molecular weight excluding hydrogens is 366 g/mol. The second kappa shape index (κ2) is 5.72. The second-order valence-electron chi connectivity index (χ2n) is 6.43. The summed E-state index contributed by atoms with van der Waals surface area (Å²) in [6, 6.07) is 15.3. The van der Waals surface area contributed by atoms with E-state index in [1.807, 2.05) is 24.3 Å². The Kier molecular flexibility index (Phi) is 3.42. The summed E-state index contributed by atoms with van der Waals surface area (Å²) in [4.78, 5) is 38.3. The maximum atomic E-state index is 13.1. The molecule has 1 fully saturated rings. The quantitative estimate of drug-likeness (QED) is 0.386. The minimum absolute atomic E-state index is 0.0890. The van der Waals surface area contributed by atoms with Crippen LogP contribution in [0.15, 0.2) is 68.7 Å². The van der Waals surface area contributed by atoms with Crippen molar-refractivity contribution in [3.05, 3.63) is 65.0 Å². The van der Waals surface area contributed by atoms with Gasteiger partial charge in [0.25, 0.3) is 0 Å². The van der Waals surface area contributed by atoms with Gasteiger partial charge in [0.1, 0.15) is 11.3 Å². The fourth-order valence-electron chi connectivity index (χ4n) is 3.56. The number of benzene rings is 2. The predicted molar refractivity (Wildman–Crippen MR) is 99.9 cm³/mol. The number of fused-ring (bicyclic) bond motifs is 4. The maximum absolute atomic E-state index is 13.1. The lowest BCUT2D eigenvalue weighted by molar-refractivity contribution is -0.137. The van der Waals surface area contributed by atoms with Crippen LogP contribution in [-0.4, -0.2) is 16.7 Å². The second-order valence-corrected chi connectivity index (χ2v) is 7.75. The van der Waals surface area contributed by atoms with Gasteiger partial charge in [-0.2, -0.15) is 0 Å². The number of rotatable bonds is 2. The van der Waals surface area contributed by atoms with Crippen molar-refractivity contribution >= 4 is 40.3 Å². The van der Waals surface area contributed by atoms with Crippen LogP contribution in [-0.2, 0) is 9.59 Å². The molecule has 1 amide bonds. The molecule has 1 unspecified atom stereocenters. The van der Waals surface area contributed by atoms with Crippen LogP contribution >= 0.6 is 11.8 Å². The Bertz CT molecular complexity index is 1170. The van der Waals surface area contributed by atoms with Crippen molar-refractivity contribution < 1.29 is 18.7 Å². The number of carbonyl (C=O) groups is 2. The maximum Gasteiger partial charge on any atom is 0.348 e. The highest BCUT2D eigenvalue weighted by molar-refractivity contribution is 8.02. The monoisotopic (exact) mass is 379 g/mol. The van der Waals surface area contributed by atoms with Crippen LogP contribution in [0.3, 0.4) is 0 Å². The van der Waals surface area contributed by atoms with Crippen molar-refractivity contribution in [3.8, 4) is 5.75 Å². The molecule has 0 radical (unpaired) electrons.